The topological polar surface area (TPSA) is 114 Å². The van der Waals surface area contributed by atoms with Crippen LogP contribution < -0.4 is 10.6 Å². The van der Waals surface area contributed by atoms with Gasteiger partial charge >= 0.3 is 5.97 Å². The van der Waals surface area contributed by atoms with Crippen LogP contribution in [0.5, 0.6) is 0 Å². The Morgan fingerprint density at radius 3 is 2.43 bits per heavy atom. The number of esters is 1. The number of hydrogen-bond donors (Lipinski definition) is 2. The highest BCUT2D eigenvalue weighted by atomic mass is 16.5. The van der Waals surface area contributed by atoms with Crippen LogP contribution in [0, 0.1) is 5.92 Å². The second kappa shape index (κ2) is 10.8. The molecule has 9 nitrogen and oxygen atoms in total. The van der Waals surface area contributed by atoms with Crippen LogP contribution in [0.4, 0.5) is 17.3 Å². The van der Waals surface area contributed by atoms with Crippen molar-refractivity contribution in [3.63, 3.8) is 0 Å². The summed E-state index contributed by atoms with van der Waals surface area (Å²) < 4.78 is 4.82. The number of nitrogens with one attached hydrogen (secondary N) is 2. The SMILES string of the molecule is COC(=O)C1CCN(C(=O)c2cccc(Nc3nccc(-c4ccc(NC(C)=O)cc4)n3)c2)CC1. The lowest BCUT2D eigenvalue weighted by atomic mass is 9.96. The Kier molecular flexibility index (Phi) is 7.35. The third kappa shape index (κ3) is 6.00. The molecule has 0 unspecified atom stereocenters. The van der Waals surface area contributed by atoms with Crippen molar-refractivity contribution in [2.75, 3.05) is 30.8 Å². The van der Waals surface area contributed by atoms with E-state index in [1.54, 1.807) is 35.4 Å². The molecular formula is C26H27N5O4. The molecule has 3 aromatic rings. The van der Waals surface area contributed by atoms with E-state index in [0.717, 1.165) is 11.3 Å². The van der Waals surface area contributed by atoms with E-state index in [0.29, 0.717) is 48.8 Å². The van der Waals surface area contributed by atoms with Gasteiger partial charge in [0.1, 0.15) is 0 Å². The normalized spacial score (nSPS) is 13.7. The van der Waals surface area contributed by atoms with Crippen molar-refractivity contribution in [1.29, 1.82) is 0 Å². The number of benzene rings is 2. The maximum atomic E-state index is 13.0. The third-order valence-electron chi connectivity index (χ3n) is 5.84. The van der Waals surface area contributed by atoms with Gasteiger partial charge in [-0.3, -0.25) is 14.4 Å². The van der Waals surface area contributed by atoms with Crippen LogP contribution in [0.25, 0.3) is 11.3 Å². The van der Waals surface area contributed by atoms with Crippen molar-refractivity contribution < 1.29 is 19.1 Å². The lowest BCUT2D eigenvalue weighted by Crippen LogP contribution is -2.40. The van der Waals surface area contributed by atoms with E-state index in [4.69, 9.17) is 4.74 Å². The Labute approximate surface area is 203 Å². The van der Waals surface area contributed by atoms with Crippen molar-refractivity contribution in [2.24, 2.45) is 5.92 Å². The van der Waals surface area contributed by atoms with Gasteiger partial charge in [0.2, 0.25) is 11.9 Å². The van der Waals surface area contributed by atoms with Crippen LogP contribution in [0.1, 0.15) is 30.1 Å². The Bertz CT molecular complexity index is 1220. The van der Waals surface area contributed by atoms with Crippen LogP contribution >= 0.6 is 0 Å². The molecule has 2 amide bonds. The molecule has 2 heterocycles. The summed E-state index contributed by atoms with van der Waals surface area (Å²) >= 11 is 0. The van der Waals surface area contributed by atoms with Gasteiger partial charge in [-0.1, -0.05) is 18.2 Å². The van der Waals surface area contributed by atoms with Gasteiger partial charge in [-0.2, -0.15) is 0 Å². The van der Waals surface area contributed by atoms with Crippen molar-refractivity contribution >= 4 is 35.1 Å². The summed E-state index contributed by atoms with van der Waals surface area (Å²) in [5.74, 6) is -0.169. The van der Waals surface area contributed by atoms with Gasteiger partial charge in [-0.25, -0.2) is 9.97 Å². The van der Waals surface area contributed by atoms with Crippen LogP contribution in [0.15, 0.2) is 60.8 Å². The standard InChI is InChI=1S/C26H27N5O4/c1-17(32)28-21-8-6-18(7-9-21)23-10-13-27-26(30-23)29-22-5-3-4-20(16-22)24(33)31-14-11-19(12-15-31)25(34)35-2/h3-10,13,16,19H,11-12,14-15H2,1-2H3,(H,28,32)(H,27,29,30). The quantitative estimate of drug-likeness (QED) is 0.523. The highest BCUT2D eigenvalue weighted by molar-refractivity contribution is 5.95. The fraction of sp³-hybridized carbons (Fsp3) is 0.269. The number of ether oxygens (including phenoxy) is 1. The molecule has 1 aliphatic rings. The van der Waals surface area contributed by atoms with Crippen molar-refractivity contribution in [3.05, 3.63) is 66.4 Å². The zero-order valence-electron chi connectivity index (χ0n) is 19.7. The van der Waals surface area contributed by atoms with Gasteiger partial charge in [-0.05, 0) is 49.2 Å². The van der Waals surface area contributed by atoms with Crippen LogP contribution in [-0.2, 0) is 14.3 Å². The van der Waals surface area contributed by atoms with E-state index in [2.05, 4.69) is 20.6 Å². The molecule has 1 aliphatic heterocycles. The van der Waals surface area contributed by atoms with E-state index in [9.17, 15) is 14.4 Å². The predicted octanol–water partition coefficient (Wildman–Crippen LogP) is 3.87. The van der Waals surface area contributed by atoms with Crippen molar-refractivity contribution in [2.45, 2.75) is 19.8 Å². The number of aromatic nitrogens is 2. The molecule has 35 heavy (non-hydrogen) atoms. The van der Waals surface area contributed by atoms with Crippen LogP contribution in [0.3, 0.4) is 0 Å². The monoisotopic (exact) mass is 473 g/mol. The maximum absolute atomic E-state index is 13.0. The van der Waals surface area contributed by atoms with Gasteiger partial charge in [-0.15, -0.1) is 0 Å². The molecule has 0 saturated carbocycles. The number of piperidine rings is 1. The number of amides is 2. The first-order chi connectivity index (χ1) is 16.9. The number of carbonyl (C=O) groups is 3. The molecule has 4 rings (SSSR count). The summed E-state index contributed by atoms with van der Waals surface area (Å²) in [6, 6.07) is 16.4. The third-order valence-corrected chi connectivity index (χ3v) is 5.84. The number of rotatable bonds is 6. The van der Waals surface area contributed by atoms with Gasteiger partial charge in [0.25, 0.3) is 5.91 Å². The smallest absolute Gasteiger partial charge is 0.308 e. The van der Waals surface area contributed by atoms with E-state index < -0.39 is 0 Å². The Morgan fingerprint density at radius 1 is 1.00 bits per heavy atom. The summed E-state index contributed by atoms with van der Waals surface area (Å²) in [6.45, 7) is 2.50. The lowest BCUT2D eigenvalue weighted by molar-refractivity contribution is -0.146. The predicted molar refractivity (Wildman–Crippen MR) is 132 cm³/mol. The molecule has 1 aromatic heterocycles. The van der Waals surface area contributed by atoms with Crippen molar-refractivity contribution in [1.82, 2.24) is 14.9 Å². The summed E-state index contributed by atoms with van der Waals surface area (Å²) in [7, 11) is 1.39. The first-order valence-corrected chi connectivity index (χ1v) is 11.4. The second-order valence-electron chi connectivity index (χ2n) is 8.32. The molecule has 1 saturated heterocycles. The summed E-state index contributed by atoms with van der Waals surface area (Å²) in [4.78, 5) is 46.6. The zero-order valence-corrected chi connectivity index (χ0v) is 19.7. The van der Waals surface area contributed by atoms with Gasteiger partial charge in [0.15, 0.2) is 0 Å². The number of carbonyl (C=O) groups excluding carboxylic acids is 3. The molecule has 2 aromatic carbocycles. The second-order valence-corrected chi connectivity index (χ2v) is 8.32. The molecule has 0 spiro atoms. The number of anilines is 3. The van der Waals surface area contributed by atoms with Gasteiger partial charge in [0.05, 0.1) is 18.7 Å². The molecule has 0 atom stereocenters. The average molecular weight is 474 g/mol. The van der Waals surface area contributed by atoms with Gasteiger partial charge < -0.3 is 20.3 Å². The first-order valence-electron chi connectivity index (χ1n) is 11.4. The molecule has 9 heteroatoms. The highest BCUT2D eigenvalue weighted by Gasteiger charge is 2.28. The van der Waals surface area contributed by atoms with Crippen LogP contribution in [-0.4, -0.2) is 52.9 Å². The zero-order chi connectivity index (χ0) is 24.8. The van der Waals surface area contributed by atoms with Crippen LogP contribution in [0.2, 0.25) is 0 Å². The minimum absolute atomic E-state index is 0.0779. The lowest BCUT2D eigenvalue weighted by Gasteiger charge is -2.30. The largest absolute Gasteiger partial charge is 0.469 e. The number of hydrogen-bond acceptors (Lipinski definition) is 7. The highest BCUT2D eigenvalue weighted by Crippen LogP contribution is 2.24. The van der Waals surface area contributed by atoms with Gasteiger partial charge in [0, 0.05) is 48.7 Å². The molecule has 1 fully saturated rings. The average Bonchev–Trinajstić information content (AvgIpc) is 2.88. The molecule has 0 bridgehead atoms. The van der Waals surface area contributed by atoms with E-state index in [1.807, 2.05) is 30.3 Å². The number of nitrogens with zero attached hydrogens (tertiary/aromatic N) is 3. The molecule has 0 aliphatic carbocycles. The first kappa shape index (κ1) is 23.9. The minimum Gasteiger partial charge on any atom is -0.469 e. The summed E-state index contributed by atoms with van der Waals surface area (Å²) in [5, 5.41) is 5.91. The Balaban J connectivity index is 1.43. The van der Waals surface area contributed by atoms with E-state index >= 15 is 0 Å². The fourth-order valence-electron chi connectivity index (χ4n) is 4.03. The Morgan fingerprint density at radius 2 is 1.74 bits per heavy atom. The van der Waals surface area contributed by atoms with E-state index in [1.165, 1.54) is 14.0 Å². The van der Waals surface area contributed by atoms with Crippen molar-refractivity contribution in [3.8, 4) is 11.3 Å². The summed E-state index contributed by atoms with van der Waals surface area (Å²) in [5.41, 5.74) is 3.56. The van der Waals surface area contributed by atoms with E-state index in [-0.39, 0.29) is 23.7 Å². The maximum Gasteiger partial charge on any atom is 0.308 e. The minimum atomic E-state index is -0.214. The molecule has 0 radical (unpaired) electrons. The molecule has 2 N–H and O–H groups in total. The number of methoxy groups -OCH3 is 1. The summed E-state index contributed by atoms with van der Waals surface area (Å²) in [6.07, 6.45) is 2.86. The fourth-order valence-corrected chi connectivity index (χ4v) is 4.03. The Hall–Kier alpha value is -4.27. The number of likely N-dealkylation sites (tertiary alicyclic amines) is 1. The molecular weight excluding hydrogens is 446 g/mol. The molecule has 180 valence electrons.